The van der Waals surface area contributed by atoms with Gasteiger partial charge < -0.3 is 4.74 Å². The van der Waals surface area contributed by atoms with E-state index in [-0.39, 0.29) is 11.7 Å². The molecule has 0 heterocycles. The van der Waals surface area contributed by atoms with E-state index in [0.717, 1.165) is 0 Å². The maximum absolute atomic E-state index is 11.5. The maximum atomic E-state index is 11.5. The van der Waals surface area contributed by atoms with Gasteiger partial charge >= 0.3 is 0 Å². The Kier molecular flexibility index (Phi) is 3.86. The van der Waals surface area contributed by atoms with Crippen LogP contribution in [0.1, 0.15) is 26.3 Å². The van der Waals surface area contributed by atoms with Gasteiger partial charge in [-0.05, 0) is 24.6 Å². The van der Waals surface area contributed by atoms with Crippen LogP contribution in [0.15, 0.2) is 12.1 Å². The number of aldehydes is 1. The monoisotopic (exact) mass is 226 g/mol. The summed E-state index contributed by atoms with van der Waals surface area (Å²) in [7, 11) is 1.51. The Morgan fingerprint density at radius 1 is 1.53 bits per heavy atom. The number of alkyl halides is 1. The normalized spacial score (nSPS) is 9.80. The molecule has 1 aromatic carbocycles. The minimum Gasteiger partial charge on any atom is -0.497 e. The topological polar surface area (TPSA) is 43.4 Å². The van der Waals surface area contributed by atoms with Crippen LogP contribution in [0.5, 0.6) is 5.75 Å². The van der Waals surface area contributed by atoms with Crippen molar-refractivity contribution in [3.8, 4) is 5.75 Å². The molecule has 0 saturated carbocycles. The van der Waals surface area contributed by atoms with Gasteiger partial charge in [-0.25, -0.2) is 0 Å². The number of hydrogen-bond acceptors (Lipinski definition) is 3. The van der Waals surface area contributed by atoms with Crippen LogP contribution < -0.4 is 4.74 Å². The van der Waals surface area contributed by atoms with E-state index >= 15 is 0 Å². The fourth-order valence-corrected chi connectivity index (χ4v) is 1.57. The lowest BCUT2D eigenvalue weighted by Crippen LogP contribution is -2.07. The van der Waals surface area contributed by atoms with Gasteiger partial charge in [0.2, 0.25) is 0 Å². The summed E-state index contributed by atoms with van der Waals surface area (Å²) in [6, 6.07) is 3.23. The Labute approximate surface area is 93.0 Å². The number of carbonyl (C=O) groups is 2. The molecule has 0 fully saturated rings. The molecule has 0 N–H and O–H groups in total. The van der Waals surface area contributed by atoms with E-state index in [1.54, 1.807) is 13.0 Å². The van der Waals surface area contributed by atoms with Crippen molar-refractivity contribution in [2.45, 2.75) is 6.92 Å². The molecular formula is C11H11ClO3. The van der Waals surface area contributed by atoms with Crippen LogP contribution >= 0.6 is 11.6 Å². The number of halogens is 1. The first-order chi connectivity index (χ1) is 7.13. The number of methoxy groups -OCH3 is 1. The molecule has 0 atom stereocenters. The van der Waals surface area contributed by atoms with Crippen molar-refractivity contribution in [3.63, 3.8) is 0 Å². The summed E-state index contributed by atoms with van der Waals surface area (Å²) in [4.78, 5) is 22.3. The average Bonchev–Trinajstić information content (AvgIpc) is 2.26. The Bertz CT molecular complexity index is 399. The molecule has 0 aliphatic carbocycles. The molecule has 0 aromatic heterocycles. The van der Waals surface area contributed by atoms with Crippen molar-refractivity contribution >= 4 is 23.7 Å². The van der Waals surface area contributed by atoms with E-state index in [4.69, 9.17) is 16.3 Å². The van der Waals surface area contributed by atoms with E-state index in [2.05, 4.69) is 0 Å². The first kappa shape index (κ1) is 11.7. The number of rotatable bonds is 4. The van der Waals surface area contributed by atoms with Gasteiger partial charge in [0.15, 0.2) is 12.1 Å². The van der Waals surface area contributed by atoms with Crippen LogP contribution in [-0.2, 0) is 0 Å². The quantitative estimate of drug-likeness (QED) is 0.449. The number of ketones is 1. The standard InChI is InChI=1S/C11H11ClO3/c1-7-3-9(15-2)4-8(6-13)11(7)10(14)5-12/h3-4,6H,5H2,1-2H3. The number of carbonyl (C=O) groups excluding carboxylic acids is 2. The average molecular weight is 227 g/mol. The van der Waals surface area contributed by atoms with Crippen molar-refractivity contribution in [2.24, 2.45) is 0 Å². The number of ether oxygens (including phenoxy) is 1. The maximum Gasteiger partial charge on any atom is 0.178 e. The van der Waals surface area contributed by atoms with Gasteiger partial charge in [-0.15, -0.1) is 11.6 Å². The minimum atomic E-state index is -0.251. The van der Waals surface area contributed by atoms with E-state index in [1.165, 1.54) is 13.2 Å². The zero-order chi connectivity index (χ0) is 11.4. The zero-order valence-corrected chi connectivity index (χ0v) is 9.30. The van der Waals surface area contributed by atoms with Crippen LogP contribution in [0, 0.1) is 6.92 Å². The minimum absolute atomic E-state index is 0.131. The second-order valence-corrected chi connectivity index (χ2v) is 3.35. The highest BCUT2D eigenvalue weighted by molar-refractivity contribution is 6.31. The lowest BCUT2D eigenvalue weighted by Gasteiger charge is -2.08. The summed E-state index contributed by atoms with van der Waals surface area (Å²) in [6.07, 6.45) is 0.634. The molecule has 1 rings (SSSR count). The van der Waals surface area contributed by atoms with E-state index in [0.29, 0.717) is 28.7 Å². The van der Waals surface area contributed by atoms with Gasteiger partial charge in [0.25, 0.3) is 0 Å². The number of benzene rings is 1. The van der Waals surface area contributed by atoms with Crippen LogP contribution in [0.2, 0.25) is 0 Å². The summed E-state index contributed by atoms with van der Waals surface area (Å²) in [5.74, 6) is 0.174. The summed E-state index contributed by atoms with van der Waals surface area (Å²) in [5, 5.41) is 0. The molecule has 3 nitrogen and oxygen atoms in total. The lowest BCUT2D eigenvalue weighted by atomic mass is 9.99. The van der Waals surface area contributed by atoms with E-state index < -0.39 is 0 Å². The first-order valence-electron chi connectivity index (χ1n) is 4.37. The summed E-state index contributed by atoms with van der Waals surface area (Å²) >= 11 is 5.46. The third-order valence-corrected chi connectivity index (χ3v) is 2.35. The Morgan fingerprint density at radius 2 is 2.20 bits per heavy atom. The number of aryl methyl sites for hydroxylation is 1. The predicted molar refractivity (Wildman–Crippen MR) is 58.2 cm³/mol. The van der Waals surface area contributed by atoms with Gasteiger partial charge in [-0.1, -0.05) is 0 Å². The fraction of sp³-hybridized carbons (Fsp3) is 0.273. The summed E-state index contributed by atoms with van der Waals surface area (Å²) < 4.78 is 5.00. The Balaban J connectivity index is 3.37. The van der Waals surface area contributed by atoms with Crippen molar-refractivity contribution in [1.82, 2.24) is 0 Å². The zero-order valence-electron chi connectivity index (χ0n) is 8.54. The molecule has 0 radical (unpaired) electrons. The number of Topliss-reactive ketones (excluding diaryl/α,β-unsaturated/α-hetero) is 1. The van der Waals surface area contributed by atoms with Gasteiger partial charge in [0.05, 0.1) is 13.0 Å². The molecule has 0 bridgehead atoms. The molecule has 0 aliphatic rings. The first-order valence-corrected chi connectivity index (χ1v) is 4.90. The fourth-order valence-electron chi connectivity index (χ4n) is 1.44. The molecule has 15 heavy (non-hydrogen) atoms. The second-order valence-electron chi connectivity index (χ2n) is 3.08. The molecule has 0 unspecified atom stereocenters. The van der Waals surface area contributed by atoms with Crippen molar-refractivity contribution in [3.05, 3.63) is 28.8 Å². The van der Waals surface area contributed by atoms with Crippen LogP contribution in [-0.4, -0.2) is 25.1 Å². The third kappa shape index (κ3) is 2.36. The SMILES string of the molecule is COc1cc(C)c(C(=O)CCl)c(C=O)c1. The molecule has 0 aliphatic heterocycles. The number of hydrogen-bond donors (Lipinski definition) is 0. The van der Waals surface area contributed by atoms with Gasteiger partial charge in [0.1, 0.15) is 5.75 Å². The molecule has 0 spiro atoms. The van der Waals surface area contributed by atoms with E-state index in [9.17, 15) is 9.59 Å². The molecule has 0 saturated heterocycles. The van der Waals surface area contributed by atoms with E-state index in [1.807, 2.05) is 0 Å². The largest absolute Gasteiger partial charge is 0.497 e. The van der Waals surface area contributed by atoms with Gasteiger partial charge in [0, 0.05) is 11.1 Å². The van der Waals surface area contributed by atoms with Crippen LogP contribution in [0.4, 0.5) is 0 Å². The molecule has 4 heteroatoms. The van der Waals surface area contributed by atoms with Crippen molar-refractivity contribution < 1.29 is 14.3 Å². The molecular weight excluding hydrogens is 216 g/mol. The lowest BCUT2D eigenvalue weighted by molar-refractivity contribution is 0.101. The predicted octanol–water partition coefficient (Wildman–Crippen LogP) is 2.24. The van der Waals surface area contributed by atoms with Gasteiger partial charge in [-0.3, -0.25) is 9.59 Å². The van der Waals surface area contributed by atoms with Crippen LogP contribution in [0.25, 0.3) is 0 Å². The summed E-state index contributed by atoms with van der Waals surface area (Å²) in [6.45, 7) is 1.75. The summed E-state index contributed by atoms with van der Waals surface area (Å²) in [5.41, 5.74) is 1.39. The third-order valence-electron chi connectivity index (χ3n) is 2.10. The highest BCUT2D eigenvalue weighted by Crippen LogP contribution is 2.21. The smallest absolute Gasteiger partial charge is 0.178 e. The molecule has 80 valence electrons. The highest BCUT2D eigenvalue weighted by Gasteiger charge is 2.14. The molecule has 1 aromatic rings. The van der Waals surface area contributed by atoms with Crippen LogP contribution in [0.3, 0.4) is 0 Å². The van der Waals surface area contributed by atoms with Crippen molar-refractivity contribution in [1.29, 1.82) is 0 Å². The highest BCUT2D eigenvalue weighted by atomic mass is 35.5. The van der Waals surface area contributed by atoms with Gasteiger partial charge in [-0.2, -0.15) is 0 Å². The van der Waals surface area contributed by atoms with Crippen molar-refractivity contribution in [2.75, 3.05) is 13.0 Å². The second kappa shape index (κ2) is 4.94. The Hall–Kier alpha value is -1.35. The Morgan fingerprint density at radius 3 is 2.67 bits per heavy atom. The molecule has 0 amide bonds.